The van der Waals surface area contributed by atoms with Crippen LogP contribution in [0.4, 0.5) is 0 Å². The zero-order chi connectivity index (χ0) is 24.8. The monoisotopic (exact) mass is 606 g/mol. The molecule has 2 aliphatic heterocycles. The minimum Gasteiger partial charge on any atom is -0.464 e. The minimum atomic E-state index is -0.437. The van der Waals surface area contributed by atoms with Crippen LogP contribution in [0.3, 0.4) is 0 Å². The number of carbonyl (C=O) groups is 1. The lowest BCUT2D eigenvalue weighted by molar-refractivity contribution is -0.0191. The van der Waals surface area contributed by atoms with E-state index in [4.69, 9.17) is 19.0 Å². The van der Waals surface area contributed by atoms with Gasteiger partial charge in [-0.3, -0.25) is 0 Å². The van der Waals surface area contributed by atoms with Crippen molar-refractivity contribution in [2.24, 2.45) is 5.10 Å². The molecule has 0 unspecified atom stereocenters. The van der Waals surface area contributed by atoms with Crippen molar-refractivity contribution in [1.82, 2.24) is 5.01 Å². The van der Waals surface area contributed by atoms with Crippen molar-refractivity contribution in [1.29, 1.82) is 0 Å². The number of hydrogen-bond acceptors (Lipinski definition) is 6. The summed E-state index contributed by atoms with van der Waals surface area (Å²) in [6, 6.07) is 24.4. The second kappa shape index (κ2) is 9.26. The molecule has 1 aromatic heterocycles. The molecule has 3 heterocycles. The number of fused-ring (bicyclic) bond motifs is 3. The van der Waals surface area contributed by atoms with Crippen LogP contribution in [0.2, 0.25) is 0 Å². The van der Waals surface area contributed by atoms with Crippen LogP contribution in [-0.2, 0) is 0 Å². The van der Waals surface area contributed by atoms with Crippen LogP contribution in [0.25, 0.3) is 0 Å². The summed E-state index contributed by atoms with van der Waals surface area (Å²) in [5.41, 5.74) is 3.34. The van der Waals surface area contributed by atoms with Crippen LogP contribution in [0.1, 0.15) is 51.7 Å². The summed E-state index contributed by atoms with van der Waals surface area (Å²) < 4.78 is 19.7. The molecule has 2 atom stereocenters. The van der Waals surface area contributed by atoms with Gasteiger partial charge in [-0.05, 0) is 85.8 Å². The molecule has 6 nitrogen and oxygen atoms in total. The predicted octanol–water partition coefficient (Wildman–Crippen LogP) is 7.57. The van der Waals surface area contributed by atoms with Crippen LogP contribution in [-0.4, -0.2) is 16.7 Å². The van der Waals surface area contributed by atoms with E-state index < -0.39 is 12.2 Å². The second-order valence-electron chi connectivity index (χ2n) is 8.67. The molecule has 0 aliphatic carbocycles. The molecule has 0 radical (unpaired) electrons. The highest BCUT2D eigenvalue weighted by atomic mass is 79.9. The Hall–Kier alpha value is -3.36. The quantitative estimate of drug-likeness (QED) is 0.177. The normalized spacial score (nSPS) is 18.2. The first-order valence-corrected chi connectivity index (χ1v) is 13.0. The van der Waals surface area contributed by atoms with Gasteiger partial charge in [0.1, 0.15) is 28.7 Å². The molecule has 8 heteroatoms. The number of nitrogens with zero attached hydrogens (tertiary/aromatic N) is 2. The smallest absolute Gasteiger partial charge is 0.343 e. The molecule has 3 aromatic carbocycles. The first-order valence-electron chi connectivity index (χ1n) is 11.4. The van der Waals surface area contributed by atoms with E-state index in [0.717, 1.165) is 43.1 Å². The number of hydrazone groups is 1. The zero-order valence-corrected chi connectivity index (χ0v) is 22.3. The summed E-state index contributed by atoms with van der Waals surface area (Å²) in [5, 5.41) is 6.92. The number of benzene rings is 3. The van der Waals surface area contributed by atoms with Crippen molar-refractivity contribution in [3.63, 3.8) is 0 Å². The highest BCUT2D eigenvalue weighted by Gasteiger charge is 2.41. The Bertz CT molecular complexity index is 1480. The summed E-state index contributed by atoms with van der Waals surface area (Å²) in [6.45, 7) is 1.93. The highest BCUT2D eigenvalue weighted by molar-refractivity contribution is 9.10. The van der Waals surface area contributed by atoms with E-state index in [2.05, 4.69) is 37.9 Å². The average molecular weight is 608 g/mol. The van der Waals surface area contributed by atoms with Crippen LogP contribution in [0.5, 0.6) is 11.5 Å². The van der Waals surface area contributed by atoms with Crippen LogP contribution in [0, 0.1) is 6.92 Å². The van der Waals surface area contributed by atoms with Crippen LogP contribution < -0.4 is 9.47 Å². The molecule has 36 heavy (non-hydrogen) atoms. The Labute approximate surface area is 224 Å². The van der Waals surface area contributed by atoms with Crippen LogP contribution in [0.15, 0.2) is 97.3 Å². The minimum absolute atomic E-state index is 0.00608. The SMILES string of the molecule is Cc1ccc(C2=NN3[C@H](C2)c2cc(Br)ccc2O[C@@H]3c2ccc(OC(=O)c3ccc(Br)cc3)cc2)o1. The molecule has 0 saturated heterocycles. The molecule has 0 amide bonds. The van der Waals surface area contributed by atoms with E-state index in [0.29, 0.717) is 17.7 Å². The molecule has 6 rings (SSSR count). The lowest BCUT2D eigenvalue weighted by Crippen LogP contribution is -2.33. The Morgan fingerprint density at radius 2 is 1.72 bits per heavy atom. The van der Waals surface area contributed by atoms with Gasteiger partial charge in [0.2, 0.25) is 6.23 Å². The fraction of sp³-hybridized carbons (Fsp3) is 0.143. The number of aryl methyl sites for hydroxylation is 1. The standard InChI is InChI=1S/C28H20Br2N2O4/c1-16-2-12-26(34-16)23-15-24-22-14-20(30)9-13-25(22)36-27(32(24)31-23)17-5-10-21(11-6-17)35-28(33)18-3-7-19(29)8-4-18/h2-14,24,27H,15H2,1H3/t24-,27-/m1/s1. The molecule has 4 aromatic rings. The van der Waals surface area contributed by atoms with E-state index in [1.807, 2.05) is 60.5 Å². The predicted molar refractivity (Wildman–Crippen MR) is 142 cm³/mol. The summed E-state index contributed by atoms with van der Waals surface area (Å²) in [4.78, 5) is 12.5. The third kappa shape index (κ3) is 4.35. The fourth-order valence-electron chi connectivity index (χ4n) is 4.47. The lowest BCUT2D eigenvalue weighted by Gasteiger charge is -2.38. The molecule has 0 N–H and O–H groups in total. The maximum atomic E-state index is 12.5. The molecule has 0 bridgehead atoms. The van der Waals surface area contributed by atoms with E-state index in [1.54, 1.807) is 24.3 Å². The third-order valence-electron chi connectivity index (χ3n) is 6.23. The topological polar surface area (TPSA) is 64.3 Å². The van der Waals surface area contributed by atoms with Gasteiger partial charge in [0, 0.05) is 26.5 Å². The number of halogens is 2. The van der Waals surface area contributed by atoms with Gasteiger partial charge in [0.15, 0.2) is 0 Å². The number of carbonyl (C=O) groups excluding carboxylic acids is 1. The number of ether oxygens (including phenoxy) is 2. The summed E-state index contributed by atoms with van der Waals surface area (Å²) >= 11 is 6.96. The number of furan rings is 1. The van der Waals surface area contributed by atoms with Gasteiger partial charge < -0.3 is 13.9 Å². The molecule has 0 fully saturated rings. The van der Waals surface area contributed by atoms with E-state index >= 15 is 0 Å². The average Bonchev–Trinajstić information content (AvgIpc) is 3.51. The second-order valence-corrected chi connectivity index (χ2v) is 10.5. The van der Waals surface area contributed by atoms with Gasteiger partial charge in [0.05, 0.1) is 11.6 Å². The molecule has 0 spiro atoms. The molecule has 2 aliphatic rings. The summed E-state index contributed by atoms with van der Waals surface area (Å²) in [6.07, 6.45) is 0.271. The lowest BCUT2D eigenvalue weighted by atomic mass is 9.97. The first kappa shape index (κ1) is 23.1. The fourth-order valence-corrected chi connectivity index (χ4v) is 5.11. The third-order valence-corrected chi connectivity index (χ3v) is 7.25. The van der Waals surface area contributed by atoms with Gasteiger partial charge in [-0.2, -0.15) is 5.10 Å². The van der Waals surface area contributed by atoms with Crippen molar-refractivity contribution in [2.45, 2.75) is 25.6 Å². The number of rotatable bonds is 4. The van der Waals surface area contributed by atoms with E-state index in [1.165, 1.54) is 0 Å². The van der Waals surface area contributed by atoms with Crippen molar-refractivity contribution in [3.05, 3.63) is 116 Å². The van der Waals surface area contributed by atoms with Crippen molar-refractivity contribution in [3.8, 4) is 11.5 Å². The summed E-state index contributed by atoms with van der Waals surface area (Å²) in [7, 11) is 0. The Morgan fingerprint density at radius 1 is 0.972 bits per heavy atom. The number of esters is 1. The molecule has 180 valence electrons. The zero-order valence-electron chi connectivity index (χ0n) is 19.2. The van der Waals surface area contributed by atoms with Gasteiger partial charge in [0.25, 0.3) is 0 Å². The Balaban J connectivity index is 1.29. The van der Waals surface area contributed by atoms with Gasteiger partial charge in [-0.1, -0.05) is 31.9 Å². The molecular weight excluding hydrogens is 588 g/mol. The number of hydrogen-bond donors (Lipinski definition) is 0. The van der Waals surface area contributed by atoms with Gasteiger partial charge in [-0.15, -0.1) is 0 Å². The molecular formula is C28H20Br2N2O4. The maximum Gasteiger partial charge on any atom is 0.343 e. The van der Waals surface area contributed by atoms with Crippen molar-refractivity contribution in [2.75, 3.05) is 0 Å². The Morgan fingerprint density at radius 3 is 2.44 bits per heavy atom. The van der Waals surface area contributed by atoms with Crippen molar-refractivity contribution >= 4 is 43.5 Å². The highest BCUT2D eigenvalue weighted by Crippen LogP contribution is 2.48. The maximum absolute atomic E-state index is 12.5. The van der Waals surface area contributed by atoms with Crippen molar-refractivity contribution < 1.29 is 18.7 Å². The van der Waals surface area contributed by atoms with Gasteiger partial charge in [-0.25, -0.2) is 9.80 Å². The van der Waals surface area contributed by atoms with E-state index in [-0.39, 0.29) is 6.04 Å². The van der Waals surface area contributed by atoms with E-state index in [9.17, 15) is 4.79 Å². The van der Waals surface area contributed by atoms with Gasteiger partial charge >= 0.3 is 5.97 Å². The Kier molecular flexibility index (Phi) is 5.93. The molecule has 0 saturated carbocycles. The first-order chi connectivity index (χ1) is 17.4. The summed E-state index contributed by atoms with van der Waals surface area (Å²) in [5.74, 6) is 2.49. The largest absolute Gasteiger partial charge is 0.464 e. The van der Waals surface area contributed by atoms with Crippen LogP contribution >= 0.6 is 31.9 Å².